The Morgan fingerprint density at radius 2 is 2.32 bits per heavy atom. The molecular weight excluding hydrogens is 271 g/mol. The minimum Gasteiger partial charge on any atom is -0.396 e. The number of nitrogens with one attached hydrogen (secondary N) is 1. The van der Waals surface area contributed by atoms with Crippen LogP contribution in [0.3, 0.4) is 0 Å². The normalized spacial score (nSPS) is 10.4. The molecule has 5 nitrogen and oxygen atoms in total. The lowest BCUT2D eigenvalue weighted by molar-refractivity contribution is 0.0948. The van der Waals surface area contributed by atoms with Crippen molar-refractivity contribution in [1.82, 2.24) is 15.1 Å². The molecule has 7 heteroatoms. The van der Waals surface area contributed by atoms with E-state index in [1.165, 1.54) is 18.3 Å². The second-order valence-corrected chi connectivity index (χ2v) is 4.35. The van der Waals surface area contributed by atoms with Crippen molar-refractivity contribution in [2.75, 3.05) is 12.3 Å². The first-order chi connectivity index (χ1) is 9.06. The summed E-state index contributed by atoms with van der Waals surface area (Å²) in [6.07, 6.45) is 3.16. The zero-order valence-electron chi connectivity index (χ0n) is 9.94. The van der Waals surface area contributed by atoms with Gasteiger partial charge in [0.25, 0.3) is 5.91 Å². The van der Waals surface area contributed by atoms with Gasteiger partial charge >= 0.3 is 0 Å². The number of hydrogen-bond donors (Lipinski definition) is 2. The topological polar surface area (TPSA) is 72.9 Å². The minimum absolute atomic E-state index is 0.0376. The quantitative estimate of drug-likeness (QED) is 0.896. The zero-order valence-corrected chi connectivity index (χ0v) is 10.7. The van der Waals surface area contributed by atoms with E-state index in [4.69, 9.17) is 17.3 Å². The summed E-state index contributed by atoms with van der Waals surface area (Å²) >= 11 is 5.61. The number of aromatic nitrogens is 2. The van der Waals surface area contributed by atoms with Crippen LogP contribution in [0.2, 0.25) is 5.02 Å². The number of carbonyl (C=O) groups is 1. The van der Waals surface area contributed by atoms with Crippen molar-refractivity contribution in [3.05, 3.63) is 47.0 Å². The number of rotatable bonds is 4. The number of nitrogens with two attached hydrogens (primary N) is 1. The summed E-state index contributed by atoms with van der Waals surface area (Å²) in [7, 11) is 0. The highest BCUT2D eigenvalue weighted by molar-refractivity contribution is 6.30. The molecule has 0 saturated carbocycles. The molecule has 0 atom stereocenters. The SMILES string of the molecule is Nc1cnn(CCNC(=O)c2ccc(Cl)cc2F)c1. The molecule has 1 aromatic heterocycles. The smallest absolute Gasteiger partial charge is 0.254 e. The molecular formula is C12H12ClFN4O. The third kappa shape index (κ3) is 3.45. The minimum atomic E-state index is -0.645. The van der Waals surface area contributed by atoms with Gasteiger partial charge in [0.2, 0.25) is 0 Å². The van der Waals surface area contributed by atoms with Crippen LogP contribution in [0.25, 0.3) is 0 Å². The number of carbonyl (C=O) groups excluding carboxylic acids is 1. The number of nitrogen functional groups attached to an aromatic ring is 1. The van der Waals surface area contributed by atoms with Crippen LogP contribution in [0.4, 0.5) is 10.1 Å². The Morgan fingerprint density at radius 1 is 1.53 bits per heavy atom. The third-order valence-electron chi connectivity index (χ3n) is 2.46. The number of amides is 1. The van der Waals surface area contributed by atoms with Gasteiger partial charge in [0.15, 0.2) is 0 Å². The van der Waals surface area contributed by atoms with Crippen LogP contribution >= 0.6 is 11.6 Å². The Hall–Kier alpha value is -2.08. The average molecular weight is 283 g/mol. The average Bonchev–Trinajstić information content (AvgIpc) is 2.75. The van der Waals surface area contributed by atoms with Gasteiger partial charge in [-0.15, -0.1) is 0 Å². The molecule has 0 aliphatic rings. The van der Waals surface area contributed by atoms with Gasteiger partial charge in [0.05, 0.1) is 24.0 Å². The van der Waals surface area contributed by atoms with Crippen molar-refractivity contribution >= 4 is 23.2 Å². The molecule has 100 valence electrons. The Bertz CT molecular complexity index is 599. The van der Waals surface area contributed by atoms with E-state index in [9.17, 15) is 9.18 Å². The molecule has 1 amide bonds. The second-order valence-electron chi connectivity index (χ2n) is 3.92. The molecule has 1 heterocycles. The van der Waals surface area contributed by atoms with Gasteiger partial charge in [-0.05, 0) is 18.2 Å². The fourth-order valence-corrected chi connectivity index (χ4v) is 1.71. The lowest BCUT2D eigenvalue weighted by Crippen LogP contribution is -2.28. The predicted molar refractivity (Wildman–Crippen MR) is 70.4 cm³/mol. The summed E-state index contributed by atoms with van der Waals surface area (Å²) in [5.74, 6) is -1.14. The highest BCUT2D eigenvalue weighted by Gasteiger charge is 2.11. The highest BCUT2D eigenvalue weighted by atomic mass is 35.5. The molecule has 0 aliphatic carbocycles. The molecule has 0 unspecified atom stereocenters. The van der Waals surface area contributed by atoms with Crippen LogP contribution < -0.4 is 11.1 Å². The Balaban J connectivity index is 1.90. The van der Waals surface area contributed by atoms with Crippen molar-refractivity contribution in [2.24, 2.45) is 0 Å². The lowest BCUT2D eigenvalue weighted by Gasteiger charge is -2.06. The van der Waals surface area contributed by atoms with Crippen LogP contribution in [0, 0.1) is 5.82 Å². The molecule has 19 heavy (non-hydrogen) atoms. The van der Waals surface area contributed by atoms with E-state index < -0.39 is 11.7 Å². The molecule has 2 aromatic rings. The largest absolute Gasteiger partial charge is 0.396 e. The van der Waals surface area contributed by atoms with Gasteiger partial charge in [-0.25, -0.2) is 4.39 Å². The predicted octanol–water partition coefficient (Wildman–Crippen LogP) is 1.69. The van der Waals surface area contributed by atoms with Crippen LogP contribution in [-0.2, 0) is 6.54 Å². The van der Waals surface area contributed by atoms with Crippen molar-refractivity contribution < 1.29 is 9.18 Å². The van der Waals surface area contributed by atoms with Crippen molar-refractivity contribution in [2.45, 2.75) is 6.54 Å². The summed E-state index contributed by atoms with van der Waals surface area (Å²) < 4.78 is 15.1. The molecule has 1 aromatic carbocycles. The Labute approximate surface area is 114 Å². The summed E-state index contributed by atoms with van der Waals surface area (Å²) in [6.45, 7) is 0.778. The van der Waals surface area contributed by atoms with E-state index in [-0.39, 0.29) is 10.6 Å². The van der Waals surface area contributed by atoms with E-state index in [0.29, 0.717) is 18.8 Å². The Kier molecular flexibility index (Phi) is 4.01. The molecule has 0 aliphatic heterocycles. The van der Waals surface area contributed by atoms with Crippen molar-refractivity contribution in [3.8, 4) is 0 Å². The van der Waals surface area contributed by atoms with E-state index in [2.05, 4.69) is 10.4 Å². The number of anilines is 1. The maximum Gasteiger partial charge on any atom is 0.254 e. The van der Waals surface area contributed by atoms with Crippen LogP contribution in [0.1, 0.15) is 10.4 Å². The van der Waals surface area contributed by atoms with Gasteiger partial charge in [-0.1, -0.05) is 11.6 Å². The van der Waals surface area contributed by atoms with Crippen LogP contribution in [0.5, 0.6) is 0 Å². The van der Waals surface area contributed by atoms with Crippen LogP contribution in [0.15, 0.2) is 30.6 Å². The molecule has 2 rings (SSSR count). The zero-order chi connectivity index (χ0) is 13.8. The van der Waals surface area contributed by atoms with Gasteiger partial charge in [0.1, 0.15) is 5.82 Å². The first kappa shape index (κ1) is 13.4. The Morgan fingerprint density at radius 3 is 2.95 bits per heavy atom. The number of halogens is 2. The number of nitrogens with zero attached hydrogens (tertiary/aromatic N) is 2. The summed E-state index contributed by atoms with van der Waals surface area (Å²) in [5, 5.41) is 6.81. The third-order valence-corrected chi connectivity index (χ3v) is 2.69. The highest BCUT2D eigenvalue weighted by Crippen LogP contribution is 2.14. The molecule has 0 spiro atoms. The van der Waals surface area contributed by atoms with E-state index >= 15 is 0 Å². The number of benzene rings is 1. The van der Waals surface area contributed by atoms with E-state index in [1.54, 1.807) is 10.9 Å². The van der Waals surface area contributed by atoms with E-state index in [1.807, 2.05) is 0 Å². The molecule has 3 N–H and O–H groups in total. The second kappa shape index (κ2) is 5.71. The van der Waals surface area contributed by atoms with Crippen molar-refractivity contribution in [1.29, 1.82) is 0 Å². The van der Waals surface area contributed by atoms with Gasteiger partial charge in [-0.2, -0.15) is 5.10 Å². The fourth-order valence-electron chi connectivity index (χ4n) is 1.55. The maximum absolute atomic E-state index is 13.5. The molecule has 0 fully saturated rings. The van der Waals surface area contributed by atoms with E-state index in [0.717, 1.165) is 6.07 Å². The van der Waals surface area contributed by atoms with Gasteiger partial charge < -0.3 is 11.1 Å². The van der Waals surface area contributed by atoms with Gasteiger partial charge in [-0.3, -0.25) is 9.48 Å². The fraction of sp³-hybridized carbons (Fsp3) is 0.167. The lowest BCUT2D eigenvalue weighted by atomic mass is 10.2. The first-order valence-electron chi connectivity index (χ1n) is 5.57. The molecule has 0 saturated heterocycles. The maximum atomic E-state index is 13.5. The monoisotopic (exact) mass is 282 g/mol. The molecule has 0 bridgehead atoms. The summed E-state index contributed by atoms with van der Waals surface area (Å²) in [5.41, 5.74) is 6.02. The van der Waals surface area contributed by atoms with Crippen molar-refractivity contribution in [3.63, 3.8) is 0 Å². The van der Waals surface area contributed by atoms with Gasteiger partial charge in [0, 0.05) is 17.8 Å². The molecule has 0 radical (unpaired) electrons. The summed E-state index contributed by atoms with van der Waals surface area (Å²) in [6, 6.07) is 3.91. The standard InChI is InChI=1S/C12H12ClFN4O/c13-8-1-2-10(11(14)5-8)12(19)16-3-4-18-7-9(15)6-17-18/h1-2,5-7H,3-4,15H2,(H,16,19). The number of hydrogen-bond acceptors (Lipinski definition) is 3. The first-order valence-corrected chi connectivity index (χ1v) is 5.95. The van der Waals surface area contributed by atoms with Crippen LogP contribution in [-0.4, -0.2) is 22.2 Å². The summed E-state index contributed by atoms with van der Waals surface area (Å²) in [4.78, 5) is 11.7.